The van der Waals surface area contributed by atoms with E-state index in [2.05, 4.69) is 33.9 Å². The molecule has 102 valence electrons. The van der Waals surface area contributed by atoms with Crippen LogP contribution >= 0.6 is 0 Å². The second-order valence-electron chi connectivity index (χ2n) is 5.95. The summed E-state index contributed by atoms with van der Waals surface area (Å²) in [6.07, 6.45) is 0. The lowest BCUT2D eigenvalue weighted by Gasteiger charge is -2.36. The molecule has 0 saturated carbocycles. The van der Waals surface area contributed by atoms with Crippen LogP contribution in [0.2, 0.25) is 18.1 Å². The maximum absolute atomic E-state index is 9.30. The number of phenolic OH excluding ortho intramolecular Hbond substituents is 1. The van der Waals surface area contributed by atoms with Gasteiger partial charge in [-0.25, -0.2) is 0 Å². The van der Waals surface area contributed by atoms with Crippen molar-refractivity contribution < 1.29 is 14.3 Å². The van der Waals surface area contributed by atoms with Crippen LogP contribution in [0.5, 0.6) is 11.5 Å². The van der Waals surface area contributed by atoms with Crippen molar-refractivity contribution in [3.05, 3.63) is 24.3 Å². The van der Waals surface area contributed by atoms with Gasteiger partial charge in [-0.05, 0) is 30.3 Å². The average Bonchev–Trinajstić information content (AvgIpc) is 2.23. The van der Waals surface area contributed by atoms with E-state index in [0.29, 0.717) is 19.0 Å². The molecule has 0 unspecified atom stereocenters. The summed E-state index contributed by atoms with van der Waals surface area (Å²) in [5, 5.41) is 9.52. The molecule has 0 amide bonds. The van der Waals surface area contributed by atoms with Crippen molar-refractivity contribution in [3.8, 4) is 11.5 Å². The topological polar surface area (TPSA) is 38.7 Å². The van der Waals surface area contributed by atoms with Gasteiger partial charge in [0.25, 0.3) is 0 Å². The third-order valence-electron chi connectivity index (χ3n) is 3.44. The van der Waals surface area contributed by atoms with Crippen molar-refractivity contribution in [2.45, 2.75) is 38.9 Å². The summed E-state index contributed by atoms with van der Waals surface area (Å²) in [5.41, 5.74) is 0. The molecule has 0 aliphatic rings. The first-order valence-electron chi connectivity index (χ1n) is 6.28. The number of phenols is 1. The second-order valence-corrected chi connectivity index (χ2v) is 10.8. The van der Waals surface area contributed by atoms with E-state index in [1.54, 1.807) is 18.2 Å². The summed E-state index contributed by atoms with van der Waals surface area (Å²) >= 11 is 0. The molecule has 1 rings (SSSR count). The zero-order valence-electron chi connectivity index (χ0n) is 12.0. The van der Waals surface area contributed by atoms with Gasteiger partial charge in [0.2, 0.25) is 0 Å². The zero-order chi connectivity index (χ0) is 13.8. The Bertz CT molecular complexity index is 383. The van der Waals surface area contributed by atoms with Crippen molar-refractivity contribution in [1.29, 1.82) is 0 Å². The van der Waals surface area contributed by atoms with Gasteiger partial charge in [-0.3, -0.25) is 0 Å². The predicted octanol–water partition coefficient (Wildman–Crippen LogP) is 3.79. The lowest BCUT2D eigenvalue weighted by atomic mass is 10.2. The highest BCUT2D eigenvalue weighted by molar-refractivity contribution is 6.74. The van der Waals surface area contributed by atoms with Gasteiger partial charge in [0, 0.05) is 6.07 Å². The minimum absolute atomic E-state index is 0.220. The highest BCUT2D eigenvalue weighted by Gasteiger charge is 2.36. The van der Waals surface area contributed by atoms with Crippen LogP contribution < -0.4 is 4.74 Å². The molecule has 0 aliphatic heterocycles. The molecule has 0 spiro atoms. The minimum atomic E-state index is -1.68. The van der Waals surface area contributed by atoms with Crippen LogP contribution in [0.1, 0.15) is 20.8 Å². The predicted molar refractivity (Wildman–Crippen MR) is 76.8 cm³/mol. The number of rotatable bonds is 5. The molecule has 3 nitrogen and oxygen atoms in total. The van der Waals surface area contributed by atoms with E-state index in [4.69, 9.17) is 9.16 Å². The lowest BCUT2D eigenvalue weighted by Crippen LogP contribution is -2.41. The Hall–Kier alpha value is -1.00. The number of ether oxygens (including phenoxy) is 1. The molecule has 1 aromatic rings. The Morgan fingerprint density at radius 1 is 1.17 bits per heavy atom. The summed E-state index contributed by atoms with van der Waals surface area (Å²) in [6, 6.07) is 6.82. The number of hydrogen-bond acceptors (Lipinski definition) is 3. The van der Waals surface area contributed by atoms with Crippen molar-refractivity contribution in [2.24, 2.45) is 0 Å². The quantitative estimate of drug-likeness (QED) is 0.652. The summed E-state index contributed by atoms with van der Waals surface area (Å²) in [5.74, 6) is 0.895. The molecule has 1 aromatic carbocycles. The molecule has 0 saturated heterocycles. The van der Waals surface area contributed by atoms with Gasteiger partial charge >= 0.3 is 0 Å². The largest absolute Gasteiger partial charge is 0.508 e. The Morgan fingerprint density at radius 3 is 2.39 bits per heavy atom. The van der Waals surface area contributed by atoms with Crippen LogP contribution in [-0.2, 0) is 4.43 Å². The van der Waals surface area contributed by atoms with Gasteiger partial charge in [-0.1, -0.05) is 26.8 Å². The molecule has 0 atom stereocenters. The SMILES string of the molecule is CC(C)(C)[Si](C)(C)OCCOc1cccc(O)c1. The third-order valence-corrected chi connectivity index (χ3v) is 7.98. The highest BCUT2D eigenvalue weighted by atomic mass is 28.4. The number of aromatic hydroxyl groups is 1. The van der Waals surface area contributed by atoms with Gasteiger partial charge in [0.15, 0.2) is 8.32 Å². The summed E-state index contributed by atoms with van der Waals surface area (Å²) in [6.45, 7) is 12.2. The monoisotopic (exact) mass is 268 g/mol. The summed E-state index contributed by atoms with van der Waals surface area (Å²) < 4.78 is 11.5. The zero-order valence-corrected chi connectivity index (χ0v) is 13.0. The lowest BCUT2D eigenvalue weighted by molar-refractivity contribution is 0.203. The van der Waals surface area contributed by atoms with Crippen molar-refractivity contribution in [3.63, 3.8) is 0 Å². The molecule has 0 bridgehead atoms. The highest BCUT2D eigenvalue weighted by Crippen LogP contribution is 2.36. The molecule has 0 aromatic heterocycles. The molecular formula is C14H24O3Si. The summed E-state index contributed by atoms with van der Waals surface area (Å²) in [7, 11) is -1.68. The van der Waals surface area contributed by atoms with E-state index in [0.717, 1.165) is 0 Å². The molecule has 1 N–H and O–H groups in total. The van der Waals surface area contributed by atoms with E-state index in [-0.39, 0.29) is 10.8 Å². The Morgan fingerprint density at radius 2 is 1.83 bits per heavy atom. The van der Waals surface area contributed by atoms with Gasteiger partial charge < -0.3 is 14.3 Å². The summed E-state index contributed by atoms with van der Waals surface area (Å²) in [4.78, 5) is 0. The van der Waals surface area contributed by atoms with Crippen LogP contribution in [0.3, 0.4) is 0 Å². The second kappa shape index (κ2) is 5.76. The Balaban J connectivity index is 2.35. The standard InChI is InChI=1S/C14H24O3Si/c1-14(2,3)18(4,5)17-10-9-16-13-8-6-7-12(15)11-13/h6-8,11,15H,9-10H2,1-5H3. The van der Waals surface area contributed by atoms with Crippen LogP contribution in [0.25, 0.3) is 0 Å². The van der Waals surface area contributed by atoms with Crippen LogP contribution in [-0.4, -0.2) is 26.6 Å². The van der Waals surface area contributed by atoms with Crippen molar-refractivity contribution >= 4 is 8.32 Å². The molecule has 4 heteroatoms. The van der Waals surface area contributed by atoms with Gasteiger partial charge in [-0.2, -0.15) is 0 Å². The van der Waals surface area contributed by atoms with Gasteiger partial charge in [0.1, 0.15) is 18.1 Å². The fraction of sp³-hybridized carbons (Fsp3) is 0.571. The van der Waals surface area contributed by atoms with Gasteiger partial charge in [-0.15, -0.1) is 0 Å². The molecule has 0 heterocycles. The van der Waals surface area contributed by atoms with Crippen LogP contribution in [0.15, 0.2) is 24.3 Å². The number of benzene rings is 1. The number of hydrogen-bond donors (Lipinski definition) is 1. The normalized spacial score (nSPS) is 12.5. The Labute approximate surface area is 111 Å². The smallest absolute Gasteiger partial charge is 0.192 e. The maximum Gasteiger partial charge on any atom is 0.192 e. The van der Waals surface area contributed by atoms with E-state index in [1.807, 2.05) is 6.07 Å². The van der Waals surface area contributed by atoms with E-state index in [9.17, 15) is 5.11 Å². The van der Waals surface area contributed by atoms with Crippen molar-refractivity contribution in [2.75, 3.05) is 13.2 Å². The van der Waals surface area contributed by atoms with E-state index in [1.165, 1.54) is 0 Å². The van der Waals surface area contributed by atoms with Crippen LogP contribution in [0, 0.1) is 0 Å². The van der Waals surface area contributed by atoms with Crippen molar-refractivity contribution in [1.82, 2.24) is 0 Å². The first-order chi connectivity index (χ1) is 8.22. The third kappa shape index (κ3) is 4.35. The van der Waals surface area contributed by atoms with Gasteiger partial charge in [0.05, 0.1) is 6.61 Å². The minimum Gasteiger partial charge on any atom is -0.508 e. The fourth-order valence-corrected chi connectivity index (χ4v) is 2.27. The van der Waals surface area contributed by atoms with Crippen LogP contribution in [0.4, 0.5) is 0 Å². The first kappa shape index (κ1) is 15.1. The fourth-order valence-electron chi connectivity index (χ4n) is 1.25. The average molecular weight is 268 g/mol. The Kier molecular flexibility index (Phi) is 4.82. The van der Waals surface area contributed by atoms with E-state index >= 15 is 0 Å². The first-order valence-corrected chi connectivity index (χ1v) is 9.19. The molecule has 18 heavy (non-hydrogen) atoms. The van der Waals surface area contributed by atoms with E-state index < -0.39 is 8.32 Å². The molecular weight excluding hydrogens is 244 g/mol. The maximum atomic E-state index is 9.30. The molecule has 0 radical (unpaired) electrons. The molecule has 0 fully saturated rings. The molecule has 0 aliphatic carbocycles.